The maximum absolute atomic E-state index is 14.4. The number of nitriles is 1. The Kier molecular flexibility index (Phi) is 13.5. The topological polar surface area (TPSA) is 153 Å². The summed E-state index contributed by atoms with van der Waals surface area (Å²) in [6, 6.07) is 10.9. The van der Waals surface area contributed by atoms with Crippen molar-refractivity contribution in [3.05, 3.63) is 70.5 Å². The van der Waals surface area contributed by atoms with Crippen LogP contribution in [-0.2, 0) is 20.9 Å². The number of nitrogens with zero attached hydrogens (tertiary/aromatic N) is 1. The van der Waals surface area contributed by atoms with Crippen molar-refractivity contribution in [1.82, 2.24) is 21.3 Å². The molecule has 3 atom stereocenters. The van der Waals surface area contributed by atoms with Gasteiger partial charge in [-0.3, -0.25) is 14.4 Å². The first-order valence-corrected chi connectivity index (χ1v) is 14.5. The second kappa shape index (κ2) is 16.5. The van der Waals surface area contributed by atoms with Gasteiger partial charge in [0.05, 0.1) is 6.10 Å². The molecule has 238 valence electrons. The van der Waals surface area contributed by atoms with Crippen LogP contribution in [0.15, 0.2) is 48.0 Å². The molecule has 2 rings (SSSR count). The number of hydrogen-bond acceptors (Lipinski definition) is 7. The Hall–Kier alpha value is -4.27. The van der Waals surface area contributed by atoms with Gasteiger partial charge in [-0.1, -0.05) is 38.1 Å². The highest BCUT2D eigenvalue weighted by molar-refractivity contribution is 6.02. The molecule has 3 amide bonds. The number of aliphatic hydroxyl groups excluding tert-OH is 1. The van der Waals surface area contributed by atoms with E-state index in [0.29, 0.717) is 17.9 Å². The number of halogens is 1. The van der Waals surface area contributed by atoms with Crippen molar-refractivity contribution in [3.8, 4) is 11.8 Å². The van der Waals surface area contributed by atoms with E-state index >= 15 is 0 Å². The second-order valence-electron chi connectivity index (χ2n) is 12.2. The number of aliphatic hydroxyl groups is 1. The lowest BCUT2D eigenvalue weighted by atomic mass is 10.1. The summed E-state index contributed by atoms with van der Waals surface area (Å²) in [5.74, 6) is -1.69. The summed E-state index contributed by atoms with van der Waals surface area (Å²) in [6.07, 6.45) is 0.372. The number of amides is 3. The number of carbonyl (C=O) groups is 3. The van der Waals surface area contributed by atoms with Crippen LogP contribution in [0.4, 0.5) is 4.39 Å². The molecule has 11 heteroatoms. The van der Waals surface area contributed by atoms with E-state index < -0.39 is 47.3 Å². The Morgan fingerprint density at radius 2 is 1.80 bits per heavy atom. The molecule has 44 heavy (non-hydrogen) atoms. The summed E-state index contributed by atoms with van der Waals surface area (Å²) in [7, 11) is 0. The highest BCUT2D eigenvalue weighted by Gasteiger charge is 2.29. The lowest BCUT2D eigenvalue weighted by molar-refractivity contribution is -0.132. The van der Waals surface area contributed by atoms with E-state index in [0.717, 1.165) is 5.56 Å². The monoisotopic (exact) mass is 609 g/mol. The number of aryl methyl sites for hydroxylation is 1. The van der Waals surface area contributed by atoms with Crippen LogP contribution in [0.1, 0.15) is 58.2 Å². The van der Waals surface area contributed by atoms with Gasteiger partial charge in [0.2, 0.25) is 11.8 Å². The van der Waals surface area contributed by atoms with Crippen LogP contribution in [0.5, 0.6) is 5.75 Å². The van der Waals surface area contributed by atoms with Gasteiger partial charge in [0, 0.05) is 17.6 Å². The third-order valence-electron chi connectivity index (χ3n) is 6.24. The molecule has 0 heterocycles. The standard InChI is InChI=1S/C33H44FN5O5/c1-20(2)17-36-29(22(4)40)32(43)38-28(31(42)37-18-24-12-11-21(3)13-27(24)34)19-44-26-10-8-9-23(15-26)14-25(16-35)30(41)39-33(5,6)7/h8-15,20,22,28-29,36,40H,17-19H2,1-7H3,(H,37,42)(H,38,43)(H,39,41)/t22-,28+,29+/m1/s1. The van der Waals surface area contributed by atoms with Crippen LogP contribution in [0.3, 0.4) is 0 Å². The van der Waals surface area contributed by atoms with Crippen LogP contribution in [0, 0.1) is 30.0 Å². The minimum absolute atomic E-state index is 0.0945. The van der Waals surface area contributed by atoms with Gasteiger partial charge in [0.25, 0.3) is 5.91 Å². The summed E-state index contributed by atoms with van der Waals surface area (Å²) in [5.41, 5.74) is 0.903. The Morgan fingerprint density at radius 1 is 1.09 bits per heavy atom. The maximum Gasteiger partial charge on any atom is 0.262 e. The smallest absolute Gasteiger partial charge is 0.262 e. The molecule has 0 aliphatic rings. The van der Waals surface area contributed by atoms with E-state index in [1.807, 2.05) is 19.9 Å². The van der Waals surface area contributed by atoms with Crippen molar-refractivity contribution in [3.63, 3.8) is 0 Å². The quantitative estimate of drug-likeness (QED) is 0.163. The zero-order chi connectivity index (χ0) is 33.0. The Balaban J connectivity index is 2.25. The normalized spacial score (nSPS) is 13.8. The van der Waals surface area contributed by atoms with Gasteiger partial charge in [-0.15, -0.1) is 0 Å². The zero-order valence-corrected chi connectivity index (χ0v) is 26.5. The average molecular weight is 610 g/mol. The summed E-state index contributed by atoms with van der Waals surface area (Å²) in [6.45, 7) is 12.6. The fourth-order valence-electron chi connectivity index (χ4n) is 3.99. The lowest BCUT2D eigenvalue weighted by Crippen LogP contribution is -2.57. The Labute approximate surface area is 259 Å². The Bertz CT molecular complexity index is 1380. The van der Waals surface area contributed by atoms with Crippen molar-refractivity contribution in [1.29, 1.82) is 5.26 Å². The Morgan fingerprint density at radius 3 is 2.39 bits per heavy atom. The fourth-order valence-corrected chi connectivity index (χ4v) is 3.99. The molecule has 0 saturated heterocycles. The number of ether oxygens (including phenoxy) is 1. The van der Waals surface area contributed by atoms with Gasteiger partial charge in [0.15, 0.2) is 0 Å². The number of hydrogen-bond donors (Lipinski definition) is 5. The molecule has 0 spiro atoms. The SMILES string of the molecule is Cc1ccc(CNC(=O)[C@H](COc2cccc(C=C(C#N)C(=O)NC(C)(C)C)c2)NC(=O)[C@@H](NCC(C)C)[C@@H](C)O)c(F)c1. The summed E-state index contributed by atoms with van der Waals surface area (Å²) >= 11 is 0. The van der Waals surface area contributed by atoms with Gasteiger partial charge >= 0.3 is 0 Å². The molecule has 5 N–H and O–H groups in total. The third-order valence-corrected chi connectivity index (χ3v) is 6.24. The first-order valence-electron chi connectivity index (χ1n) is 14.5. The van der Waals surface area contributed by atoms with E-state index in [1.54, 1.807) is 64.1 Å². The molecule has 0 radical (unpaired) electrons. The highest BCUT2D eigenvalue weighted by atomic mass is 19.1. The lowest BCUT2D eigenvalue weighted by Gasteiger charge is -2.25. The minimum Gasteiger partial charge on any atom is -0.491 e. The van der Waals surface area contributed by atoms with Crippen LogP contribution < -0.4 is 26.0 Å². The summed E-state index contributed by atoms with van der Waals surface area (Å²) in [4.78, 5) is 38.9. The molecule has 0 aliphatic heterocycles. The molecular weight excluding hydrogens is 565 g/mol. The van der Waals surface area contributed by atoms with Gasteiger partial charge < -0.3 is 31.1 Å². The second-order valence-corrected chi connectivity index (χ2v) is 12.2. The minimum atomic E-state index is -1.20. The molecule has 0 saturated carbocycles. The number of nitrogens with one attached hydrogen (secondary N) is 4. The van der Waals surface area contributed by atoms with Gasteiger partial charge in [0.1, 0.15) is 41.9 Å². The van der Waals surface area contributed by atoms with Crippen LogP contribution in [0.2, 0.25) is 0 Å². The summed E-state index contributed by atoms with van der Waals surface area (Å²) in [5, 5.41) is 30.8. The predicted molar refractivity (Wildman–Crippen MR) is 167 cm³/mol. The molecule has 0 unspecified atom stereocenters. The van der Waals surface area contributed by atoms with Crippen molar-refractivity contribution in [2.45, 2.75) is 78.7 Å². The molecule has 10 nitrogen and oxygen atoms in total. The molecule has 2 aromatic rings. The zero-order valence-electron chi connectivity index (χ0n) is 26.5. The fraction of sp³-hybridized carbons (Fsp3) is 0.455. The molecule has 0 fully saturated rings. The largest absolute Gasteiger partial charge is 0.491 e. The van der Waals surface area contributed by atoms with Crippen molar-refractivity contribution >= 4 is 23.8 Å². The summed E-state index contributed by atoms with van der Waals surface area (Å²) < 4.78 is 20.3. The number of rotatable bonds is 14. The first kappa shape index (κ1) is 35.9. The van der Waals surface area contributed by atoms with Gasteiger partial charge in [-0.2, -0.15) is 5.26 Å². The van der Waals surface area contributed by atoms with Gasteiger partial charge in [-0.25, -0.2) is 4.39 Å². The predicted octanol–water partition coefficient (Wildman–Crippen LogP) is 3.13. The van der Waals surface area contributed by atoms with Crippen molar-refractivity contribution in [2.75, 3.05) is 13.2 Å². The van der Waals surface area contributed by atoms with Crippen LogP contribution in [-0.4, -0.2) is 59.7 Å². The van der Waals surface area contributed by atoms with Crippen LogP contribution >= 0.6 is 0 Å². The van der Waals surface area contributed by atoms with E-state index in [2.05, 4.69) is 21.3 Å². The van der Waals surface area contributed by atoms with E-state index in [9.17, 15) is 29.1 Å². The molecule has 0 bridgehead atoms. The van der Waals surface area contributed by atoms with Crippen molar-refractivity contribution < 1.29 is 28.6 Å². The number of carbonyl (C=O) groups excluding carboxylic acids is 3. The average Bonchev–Trinajstić information content (AvgIpc) is 2.92. The molecule has 0 aromatic heterocycles. The van der Waals surface area contributed by atoms with Gasteiger partial charge in [-0.05, 0) is 82.5 Å². The van der Waals surface area contributed by atoms with Crippen molar-refractivity contribution in [2.24, 2.45) is 5.92 Å². The number of benzene rings is 2. The molecule has 0 aliphatic carbocycles. The first-order chi connectivity index (χ1) is 20.6. The molecule has 2 aromatic carbocycles. The van der Waals surface area contributed by atoms with Crippen LogP contribution in [0.25, 0.3) is 6.08 Å². The third kappa shape index (κ3) is 12.1. The molecular formula is C33H44FN5O5. The van der Waals surface area contributed by atoms with E-state index in [1.165, 1.54) is 19.1 Å². The highest BCUT2D eigenvalue weighted by Crippen LogP contribution is 2.17. The maximum atomic E-state index is 14.4. The van der Waals surface area contributed by atoms with E-state index in [4.69, 9.17) is 4.74 Å². The van der Waals surface area contributed by atoms with E-state index in [-0.39, 0.29) is 30.2 Å².